The third kappa shape index (κ3) is 4.89. The van der Waals surface area contributed by atoms with Gasteiger partial charge < -0.3 is 10.1 Å². The summed E-state index contributed by atoms with van der Waals surface area (Å²) in [7, 11) is 0. The van der Waals surface area contributed by atoms with Crippen LogP contribution in [0.1, 0.15) is 10.4 Å². The third-order valence-corrected chi connectivity index (χ3v) is 4.60. The second kappa shape index (κ2) is 9.47. The van der Waals surface area contributed by atoms with E-state index >= 15 is 0 Å². The molecule has 0 bridgehead atoms. The van der Waals surface area contributed by atoms with Crippen molar-refractivity contribution in [2.24, 2.45) is 0 Å². The summed E-state index contributed by atoms with van der Waals surface area (Å²) in [6, 6.07) is 31.1. The molecule has 5 nitrogen and oxygen atoms in total. The molecule has 0 spiro atoms. The lowest BCUT2D eigenvalue weighted by Crippen LogP contribution is -2.28. The summed E-state index contributed by atoms with van der Waals surface area (Å²) in [5, 5.41) is 11.1. The molecule has 4 rings (SSSR count). The quantitative estimate of drug-likeness (QED) is 0.464. The van der Waals surface area contributed by atoms with Crippen molar-refractivity contribution in [3.63, 3.8) is 0 Å². The summed E-state index contributed by atoms with van der Waals surface area (Å²) >= 11 is 0. The maximum Gasteiger partial charge on any atom is 0.251 e. The molecule has 0 aliphatic heterocycles. The highest BCUT2D eigenvalue weighted by molar-refractivity contribution is 5.94. The molecule has 4 aromatic rings. The van der Waals surface area contributed by atoms with E-state index in [0.29, 0.717) is 24.6 Å². The molecule has 0 atom stereocenters. The predicted octanol–water partition coefficient (Wildman–Crippen LogP) is 4.62. The first-order valence-electron chi connectivity index (χ1n) is 9.75. The van der Waals surface area contributed by atoms with E-state index in [9.17, 15) is 4.79 Å². The Morgan fingerprint density at radius 2 is 1.33 bits per heavy atom. The average molecular weight is 395 g/mol. The van der Waals surface area contributed by atoms with E-state index in [0.717, 1.165) is 22.4 Å². The maximum atomic E-state index is 12.3. The van der Waals surface area contributed by atoms with Crippen LogP contribution >= 0.6 is 0 Å². The Hall–Kier alpha value is -3.99. The van der Waals surface area contributed by atoms with E-state index in [2.05, 4.69) is 15.5 Å². The SMILES string of the molecule is O=C(NCCOc1ccc(-c2ccccc2)nn1)c1ccc(-c2ccccc2)cc1. The minimum atomic E-state index is -0.135. The zero-order valence-corrected chi connectivity index (χ0v) is 16.4. The first-order chi connectivity index (χ1) is 14.8. The normalized spacial score (nSPS) is 10.4. The molecular weight excluding hydrogens is 374 g/mol. The molecule has 0 saturated heterocycles. The summed E-state index contributed by atoms with van der Waals surface area (Å²) in [5.74, 6) is 0.292. The van der Waals surface area contributed by atoms with Gasteiger partial charge in [0.2, 0.25) is 5.88 Å². The molecule has 30 heavy (non-hydrogen) atoms. The lowest BCUT2D eigenvalue weighted by atomic mass is 10.0. The van der Waals surface area contributed by atoms with Crippen LogP contribution in [-0.2, 0) is 0 Å². The van der Waals surface area contributed by atoms with Crippen molar-refractivity contribution in [1.29, 1.82) is 0 Å². The number of benzene rings is 3. The van der Waals surface area contributed by atoms with Gasteiger partial charge in [0.05, 0.1) is 12.2 Å². The van der Waals surface area contributed by atoms with Crippen LogP contribution in [0, 0.1) is 0 Å². The van der Waals surface area contributed by atoms with Crippen molar-refractivity contribution >= 4 is 5.91 Å². The van der Waals surface area contributed by atoms with E-state index in [4.69, 9.17) is 4.74 Å². The fraction of sp³-hybridized carbons (Fsp3) is 0.0800. The van der Waals surface area contributed by atoms with Gasteiger partial charge in [-0.3, -0.25) is 4.79 Å². The number of carbonyl (C=O) groups is 1. The molecule has 1 amide bonds. The molecule has 0 fully saturated rings. The molecule has 0 radical (unpaired) electrons. The maximum absolute atomic E-state index is 12.3. The summed E-state index contributed by atoms with van der Waals surface area (Å²) in [4.78, 5) is 12.3. The van der Waals surface area contributed by atoms with Gasteiger partial charge in [0.25, 0.3) is 5.91 Å². The number of aromatic nitrogens is 2. The Labute approximate surface area is 175 Å². The molecule has 5 heteroatoms. The van der Waals surface area contributed by atoms with Crippen molar-refractivity contribution < 1.29 is 9.53 Å². The van der Waals surface area contributed by atoms with Gasteiger partial charge in [-0.1, -0.05) is 72.8 Å². The van der Waals surface area contributed by atoms with E-state index in [1.807, 2.05) is 91.0 Å². The number of ether oxygens (including phenoxy) is 1. The average Bonchev–Trinajstić information content (AvgIpc) is 2.83. The molecule has 0 aliphatic rings. The topological polar surface area (TPSA) is 64.1 Å². The first kappa shape index (κ1) is 19.3. The molecule has 148 valence electrons. The highest BCUT2D eigenvalue weighted by Crippen LogP contribution is 2.19. The Morgan fingerprint density at radius 1 is 0.700 bits per heavy atom. The van der Waals surface area contributed by atoms with Crippen molar-refractivity contribution in [2.75, 3.05) is 13.2 Å². The Bertz CT molecular complexity index is 1080. The van der Waals surface area contributed by atoms with E-state index in [-0.39, 0.29) is 5.91 Å². The summed E-state index contributed by atoms with van der Waals surface area (Å²) < 4.78 is 5.57. The minimum absolute atomic E-state index is 0.135. The zero-order chi connectivity index (χ0) is 20.6. The number of carbonyl (C=O) groups excluding carboxylic acids is 1. The van der Waals surface area contributed by atoms with Crippen LogP contribution in [-0.4, -0.2) is 29.3 Å². The Morgan fingerprint density at radius 3 is 1.97 bits per heavy atom. The highest BCUT2D eigenvalue weighted by Gasteiger charge is 2.06. The van der Waals surface area contributed by atoms with Gasteiger partial charge in [-0.2, -0.15) is 0 Å². The number of amides is 1. The molecule has 3 aromatic carbocycles. The Balaban J connectivity index is 1.25. The smallest absolute Gasteiger partial charge is 0.251 e. The van der Waals surface area contributed by atoms with Crippen LogP contribution in [0.25, 0.3) is 22.4 Å². The third-order valence-electron chi connectivity index (χ3n) is 4.60. The first-order valence-corrected chi connectivity index (χ1v) is 9.75. The second-order valence-corrected chi connectivity index (χ2v) is 6.67. The Kier molecular flexibility index (Phi) is 6.11. The van der Waals surface area contributed by atoms with Crippen molar-refractivity contribution in [1.82, 2.24) is 15.5 Å². The number of hydrogen-bond acceptors (Lipinski definition) is 4. The zero-order valence-electron chi connectivity index (χ0n) is 16.4. The van der Waals surface area contributed by atoms with Crippen molar-refractivity contribution in [3.8, 4) is 28.3 Å². The van der Waals surface area contributed by atoms with Crippen LogP contribution in [0.4, 0.5) is 0 Å². The van der Waals surface area contributed by atoms with E-state index in [1.54, 1.807) is 6.07 Å². The molecule has 0 aliphatic carbocycles. The van der Waals surface area contributed by atoms with Gasteiger partial charge in [-0.05, 0) is 29.3 Å². The standard InChI is InChI=1S/C25H21N3O2/c29-25(22-13-11-20(12-14-22)19-7-3-1-4-8-19)26-17-18-30-24-16-15-23(27-28-24)21-9-5-2-6-10-21/h1-16H,17-18H2,(H,26,29). The largest absolute Gasteiger partial charge is 0.475 e. The minimum Gasteiger partial charge on any atom is -0.475 e. The van der Waals surface area contributed by atoms with E-state index < -0.39 is 0 Å². The fourth-order valence-electron chi connectivity index (χ4n) is 3.03. The van der Waals surface area contributed by atoms with Crippen LogP contribution in [0.2, 0.25) is 0 Å². The lowest BCUT2D eigenvalue weighted by Gasteiger charge is -2.08. The van der Waals surface area contributed by atoms with E-state index in [1.165, 1.54) is 0 Å². The summed E-state index contributed by atoms with van der Waals surface area (Å²) in [6.07, 6.45) is 0. The molecule has 1 aromatic heterocycles. The van der Waals surface area contributed by atoms with Gasteiger partial charge in [0, 0.05) is 17.2 Å². The van der Waals surface area contributed by atoms with Gasteiger partial charge in [-0.25, -0.2) is 0 Å². The van der Waals surface area contributed by atoms with Crippen LogP contribution in [0.5, 0.6) is 5.88 Å². The predicted molar refractivity (Wildman–Crippen MR) is 117 cm³/mol. The fourth-order valence-corrected chi connectivity index (χ4v) is 3.03. The lowest BCUT2D eigenvalue weighted by molar-refractivity contribution is 0.0946. The van der Waals surface area contributed by atoms with Crippen LogP contribution < -0.4 is 10.1 Å². The van der Waals surface area contributed by atoms with Gasteiger partial charge in [0.1, 0.15) is 6.61 Å². The monoisotopic (exact) mass is 395 g/mol. The number of hydrogen-bond donors (Lipinski definition) is 1. The van der Waals surface area contributed by atoms with Crippen LogP contribution in [0.15, 0.2) is 97.1 Å². The number of rotatable bonds is 7. The summed E-state index contributed by atoms with van der Waals surface area (Å²) in [6.45, 7) is 0.689. The van der Waals surface area contributed by atoms with Crippen LogP contribution in [0.3, 0.4) is 0 Å². The number of nitrogens with one attached hydrogen (secondary N) is 1. The molecule has 1 heterocycles. The molecule has 1 N–H and O–H groups in total. The highest BCUT2D eigenvalue weighted by atomic mass is 16.5. The molecular formula is C25H21N3O2. The van der Waals surface area contributed by atoms with Gasteiger partial charge in [0.15, 0.2) is 0 Å². The van der Waals surface area contributed by atoms with Crippen molar-refractivity contribution in [2.45, 2.75) is 0 Å². The number of nitrogens with zero attached hydrogens (tertiary/aromatic N) is 2. The van der Waals surface area contributed by atoms with Gasteiger partial charge >= 0.3 is 0 Å². The molecule has 0 unspecified atom stereocenters. The second-order valence-electron chi connectivity index (χ2n) is 6.67. The van der Waals surface area contributed by atoms with Gasteiger partial charge in [-0.15, -0.1) is 10.2 Å². The molecule has 0 saturated carbocycles. The summed E-state index contributed by atoms with van der Waals surface area (Å²) in [5.41, 5.74) is 4.60. The van der Waals surface area contributed by atoms with Crippen molar-refractivity contribution in [3.05, 3.63) is 103 Å².